The molecule has 0 heterocycles. The molecular formula is C71H138O17P2. The predicted octanol–water partition coefficient (Wildman–Crippen LogP) is 20.1. The Hall–Kier alpha value is -1.94. The number of unbranched alkanes of at least 4 members (excludes halogenated alkanes) is 33. The van der Waals surface area contributed by atoms with Gasteiger partial charge in [0, 0.05) is 25.7 Å². The average molecular weight is 1330 g/mol. The molecule has 0 aromatic rings. The summed E-state index contributed by atoms with van der Waals surface area (Å²) in [7, 11) is -9.90. The van der Waals surface area contributed by atoms with Crippen molar-refractivity contribution in [1.29, 1.82) is 0 Å². The van der Waals surface area contributed by atoms with E-state index in [0.29, 0.717) is 37.5 Å². The van der Waals surface area contributed by atoms with Gasteiger partial charge in [0.05, 0.1) is 26.4 Å². The molecule has 19 heteroatoms. The molecule has 0 aliphatic heterocycles. The van der Waals surface area contributed by atoms with Gasteiger partial charge in [-0.05, 0) is 49.4 Å². The normalized spacial score (nSPS) is 14.6. The molecule has 0 aliphatic rings. The van der Waals surface area contributed by atoms with Gasteiger partial charge < -0.3 is 33.8 Å². The first-order valence-electron chi connectivity index (χ1n) is 36.7. The average Bonchev–Trinajstić information content (AvgIpc) is 3.65. The standard InChI is InChI=1S/C71H138O17P2/c1-9-64(8)50-42-34-25-19-16-17-21-27-37-45-53-70(75)87-67(58-82-69(74)52-44-36-30-29-33-41-49-63(6)7)60-86-90(79,80)84-56-65(72)55-83-89(77,78)85-59-66(88-71(76)54-46-38-28-22-24-32-40-48-62(4)5)57-81-68(73)51-43-35-26-20-15-13-11-10-12-14-18-23-31-39-47-61(2)3/h61-67,72H,9-60H2,1-8H3,(H,77,78)(H,79,80)/t64?,65-,66-,67-/m1/s1. The molecule has 0 amide bonds. The highest BCUT2D eigenvalue weighted by atomic mass is 31.2. The largest absolute Gasteiger partial charge is 0.472 e. The van der Waals surface area contributed by atoms with Gasteiger partial charge >= 0.3 is 39.5 Å². The minimum absolute atomic E-state index is 0.103. The van der Waals surface area contributed by atoms with Crippen LogP contribution in [0.15, 0.2) is 0 Å². The van der Waals surface area contributed by atoms with Gasteiger partial charge in [-0.15, -0.1) is 0 Å². The fraction of sp³-hybridized carbons (Fsp3) is 0.944. The van der Waals surface area contributed by atoms with E-state index in [1.165, 1.54) is 148 Å². The summed E-state index contributed by atoms with van der Waals surface area (Å²) < 4.78 is 68.3. The molecule has 6 atom stereocenters. The summed E-state index contributed by atoms with van der Waals surface area (Å²) >= 11 is 0. The number of phosphoric acid groups is 2. The number of hydrogen-bond acceptors (Lipinski definition) is 15. The van der Waals surface area contributed by atoms with Crippen molar-refractivity contribution in [2.45, 2.75) is 369 Å². The van der Waals surface area contributed by atoms with Crippen molar-refractivity contribution in [3.63, 3.8) is 0 Å². The molecule has 3 unspecified atom stereocenters. The lowest BCUT2D eigenvalue weighted by molar-refractivity contribution is -0.161. The van der Waals surface area contributed by atoms with E-state index < -0.39 is 97.5 Å². The van der Waals surface area contributed by atoms with Crippen LogP contribution in [0.3, 0.4) is 0 Å². The highest BCUT2D eigenvalue weighted by Gasteiger charge is 2.30. The van der Waals surface area contributed by atoms with Gasteiger partial charge in [0.2, 0.25) is 0 Å². The van der Waals surface area contributed by atoms with Gasteiger partial charge in [-0.25, -0.2) is 9.13 Å². The minimum Gasteiger partial charge on any atom is -0.462 e. The zero-order valence-electron chi connectivity index (χ0n) is 58.8. The minimum atomic E-state index is -4.95. The van der Waals surface area contributed by atoms with E-state index in [4.69, 9.17) is 37.0 Å². The van der Waals surface area contributed by atoms with E-state index in [1.807, 2.05) is 0 Å². The highest BCUT2D eigenvalue weighted by molar-refractivity contribution is 7.47. The van der Waals surface area contributed by atoms with Crippen molar-refractivity contribution in [3.8, 4) is 0 Å². The van der Waals surface area contributed by atoms with Crippen LogP contribution in [0.2, 0.25) is 0 Å². The molecule has 90 heavy (non-hydrogen) atoms. The molecule has 0 aliphatic carbocycles. The lowest BCUT2D eigenvalue weighted by Crippen LogP contribution is -2.30. The quantitative estimate of drug-likeness (QED) is 0.0222. The molecule has 0 spiro atoms. The van der Waals surface area contributed by atoms with Crippen LogP contribution in [0.5, 0.6) is 0 Å². The Morgan fingerprint density at radius 2 is 0.533 bits per heavy atom. The van der Waals surface area contributed by atoms with E-state index in [9.17, 15) is 43.2 Å². The summed E-state index contributed by atoms with van der Waals surface area (Å²) in [6.45, 7) is 14.1. The van der Waals surface area contributed by atoms with Crippen molar-refractivity contribution in [3.05, 3.63) is 0 Å². The van der Waals surface area contributed by atoms with Crippen molar-refractivity contribution in [2.75, 3.05) is 39.6 Å². The van der Waals surface area contributed by atoms with Crippen molar-refractivity contribution in [2.24, 2.45) is 23.7 Å². The lowest BCUT2D eigenvalue weighted by atomic mass is 9.99. The Labute approximate surface area is 549 Å². The third-order valence-corrected chi connectivity index (χ3v) is 18.6. The third kappa shape index (κ3) is 63.5. The first-order chi connectivity index (χ1) is 43.1. The highest BCUT2D eigenvalue weighted by Crippen LogP contribution is 2.45. The Balaban J connectivity index is 5.20. The summed E-state index contributed by atoms with van der Waals surface area (Å²) in [4.78, 5) is 72.5. The monoisotopic (exact) mass is 1320 g/mol. The van der Waals surface area contributed by atoms with Gasteiger partial charge in [0.25, 0.3) is 0 Å². The molecule has 0 aromatic carbocycles. The zero-order valence-corrected chi connectivity index (χ0v) is 60.6. The van der Waals surface area contributed by atoms with E-state index in [1.54, 1.807) is 0 Å². The predicted molar refractivity (Wildman–Crippen MR) is 363 cm³/mol. The van der Waals surface area contributed by atoms with Gasteiger partial charge in [-0.3, -0.25) is 37.3 Å². The Morgan fingerprint density at radius 3 is 0.789 bits per heavy atom. The summed E-state index contributed by atoms with van der Waals surface area (Å²) in [6.07, 6.45) is 43.3. The molecule has 17 nitrogen and oxygen atoms in total. The second kappa shape index (κ2) is 60.7. The van der Waals surface area contributed by atoms with E-state index in [-0.39, 0.29) is 25.7 Å². The Kier molecular flexibility index (Phi) is 59.4. The first kappa shape index (κ1) is 88.1. The molecule has 0 saturated heterocycles. The van der Waals surface area contributed by atoms with Crippen LogP contribution in [-0.2, 0) is 65.4 Å². The second-order valence-electron chi connectivity index (χ2n) is 27.3. The van der Waals surface area contributed by atoms with Crippen LogP contribution in [0.4, 0.5) is 0 Å². The van der Waals surface area contributed by atoms with E-state index in [0.717, 1.165) is 108 Å². The fourth-order valence-corrected chi connectivity index (χ4v) is 12.2. The number of ether oxygens (including phenoxy) is 4. The molecule has 534 valence electrons. The van der Waals surface area contributed by atoms with E-state index in [2.05, 4.69) is 55.4 Å². The number of rotatable bonds is 68. The zero-order chi connectivity index (χ0) is 66.8. The summed E-state index contributed by atoms with van der Waals surface area (Å²) in [5.74, 6) is 0.845. The summed E-state index contributed by atoms with van der Waals surface area (Å²) in [6, 6.07) is 0. The molecule has 0 saturated carbocycles. The van der Waals surface area contributed by atoms with Gasteiger partial charge in [0.1, 0.15) is 19.3 Å². The Bertz CT molecular complexity index is 1780. The first-order valence-corrected chi connectivity index (χ1v) is 39.7. The molecule has 0 fully saturated rings. The number of carbonyl (C=O) groups excluding carboxylic acids is 4. The van der Waals surface area contributed by atoms with Gasteiger partial charge in [-0.2, -0.15) is 0 Å². The van der Waals surface area contributed by atoms with Crippen LogP contribution in [0, 0.1) is 23.7 Å². The van der Waals surface area contributed by atoms with Gasteiger partial charge in [-0.1, -0.05) is 299 Å². The number of phosphoric ester groups is 2. The maximum atomic E-state index is 13.0. The molecule has 3 N–H and O–H groups in total. The maximum Gasteiger partial charge on any atom is 0.472 e. The molecule has 0 rings (SSSR count). The number of aliphatic hydroxyl groups is 1. The van der Waals surface area contributed by atoms with E-state index >= 15 is 0 Å². The molecule has 0 radical (unpaired) electrons. The second-order valence-corrected chi connectivity index (χ2v) is 30.2. The fourth-order valence-electron chi connectivity index (χ4n) is 10.6. The SMILES string of the molecule is CCC(C)CCCCCCCCCCCCC(=O)O[C@H](COC(=O)CCCCCCCCC(C)C)COP(=O)(O)OC[C@H](O)COP(=O)(O)OC[C@@H](COC(=O)CCCCCCCCCCCCCCCCC(C)C)OC(=O)CCCCCCCCCC(C)C. The van der Waals surface area contributed by atoms with Crippen LogP contribution < -0.4 is 0 Å². The topological polar surface area (TPSA) is 237 Å². The molecule has 0 bridgehead atoms. The van der Waals surface area contributed by atoms with Crippen LogP contribution >= 0.6 is 15.6 Å². The summed E-state index contributed by atoms with van der Waals surface area (Å²) in [5, 5.41) is 10.6. The maximum absolute atomic E-state index is 13.0. The van der Waals surface area contributed by atoms with Crippen molar-refractivity contribution >= 4 is 39.5 Å². The Morgan fingerprint density at radius 1 is 0.311 bits per heavy atom. The van der Waals surface area contributed by atoms with Crippen molar-refractivity contribution in [1.82, 2.24) is 0 Å². The number of carbonyl (C=O) groups is 4. The van der Waals surface area contributed by atoms with Crippen molar-refractivity contribution < 1.29 is 80.2 Å². The molecular weight excluding hydrogens is 1190 g/mol. The summed E-state index contributed by atoms with van der Waals surface area (Å²) in [5.41, 5.74) is 0. The smallest absolute Gasteiger partial charge is 0.462 e. The van der Waals surface area contributed by atoms with Gasteiger partial charge in [0.15, 0.2) is 12.2 Å². The van der Waals surface area contributed by atoms with Crippen LogP contribution in [0.1, 0.15) is 351 Å². The number of hydrogen-bond donors (Lipinski definition) is 3. The lowest BCUT2D eigenvalue weighted by Gasteiger charge is -2.21. The third-order valence-electron chi connectivity index (χ3n) is 16.7. The van der Waals surface area contributed by atoms with Crippen LogP contribution in [0.25, 0.3) is 0 Å². The molecule has 0 aromatic heterocycles. The van der Waals surface area contributed by atoms with Crippen LogP contribution in [-0.4, -0.2) is 96.7 Å². The number of esters is 4. The number of aliphatic hydroxyl groups excluding tert-OH is 1.